The fourth-order valence-corrected chi connectivity index (χ4v) is 5.12. The number of para-hydroxylation sites is 2. The molecular weight excluding hydrogens is 424 g/mol. The van der Waals surface area contributed by atoms with E-state index in [-0.39, 0.29) is 24.5 Å². The highest BCUT2D eigenvalue weighted by Gasteiger charge is 2.35. The molecule has 0 aliphatic carbocycles. The van der Waals surface area contributed by atoms with E-state index in [1.807, 2.05) is 36.1 Å². The monoisotopic (exact) mass is 460 g/mol. The van der Waals surface area contributed by atoms with Gasteiger partial charge in [0.1, 0.15) is 6.61 Å². The summed E-state index contributed by atoms with van der Waals surface area (Å²) in [4.78, 5) is 18.9. The van der Waals surface area contributed by atoms with Gasteiger partial charge < -0.3 is 19.5 Å². The summed E-state index contributed by atoms with van der Waals surface area (Å²) in [7, 11) is 1.63. The van der Waals surface area contributed by atoms with Crippen LogP contribution >= 0.6 is 11.3 Å². The fourth-order valence-electron chi connectivity index (χ4n) is 4.19. The molecule has 7 heteroatoms. The van der Waals surface area contributed by atoms with Crippen molar-refractivity contribution in [2.24, 2.45) is 0 Å². The minimum atomic E-state index is -0.885. The molecule has 0 unspecified atom stereocenters. The van der Waals surface area contributed by atoms with E-state index in [0.717, 1.165) is 19.4 Å². The summed E-state index contributed by atoms with van der Waals surface area (Å²) in [6.07, 6.45) is 1.78. The second kappa shape index (κ2) is 10.7. The molecule has 32 heavy (non-hydrogen) atoms. The van der Waals surface area contributed by atoms with E-state index >= 15 is 0 Å². The van der Waals surface area contributed by atoms with Crippen LogP contribution in [0.3, 0.4) is 0 Å². The van der Waals surface area contributed by atoms with Crippen LogP contribution in [0.5, 0.6) is 11.5 Å². The molecule has 1 aromatic heterocycles. The minimum Gasteiger partial charge on any atom is -0.493 e. The van der Waals surface area contributed by atoms with Crippen LogP contribution in [0.15, 0.2) is 35.7 Å². The van der Waals surface area contributed by atoms with Crippen molar-refractivity contribution < 1.29 is 19.4 Å². The van der Waals surface area contributed by atoms with Crippen molar-refractivity contribution in [2.45, 2.75) is 58.2 Å². The van der Waals surface area contributed by atoms with Gasteiger partial charge in [0, 0.05) is 17.5 Å². The van der Waals surface area contributed by atoms with E-state index in [2.05, 4.69) is 23.3 Å². The van der Waals surface area contributed by atoms with Gasteiger partial charge in [-0.25, -0.2) is 0 Å². The Morgan fingerprint density at radius 1 is 1.31 bits per heavy atom. The molecule has 2 atom stereocenters. The molecule has 1 amide bonds. The third-order valence-electron chi connectivity index (χ3n) is 6.30. The van der Waals surface area contributed by atoms with Crippen LogP contribution in [0.4, 0.5) is 0 Å². The minimum absolute atomic E-state index is 0.0695. The Hall–Kier alpha value is -2.09. The summed E-state index contributed by atoms with van der Waals surface area (Å²) in [6.45, 7) is 9.75. The van der Waals surface area contributed by atoms with Gasteiger partial charge >= 0.3 is 0 Å². The molecule has 0 bridgehead atoms. The lowest BCUT2D eigenvalue weighted by atomic mass is 9.98. The number of amides is 1. The lowest BCUT2D eigenvalue weighted by Crippen LogP contribution is -2.53. The van der Waals surface area contributed by atoms with Gasteiger partial charge in [-0.3, -0.25) is 9.69 Å². The number of methoxy groups -OCH3 is 1. The maximum Gasteiger partial charge on any atom is 0.237 e. The predicted molar refractivity (Wildman–Crippen MR) is 129 cm³/mol. The summed E-state index contributed by atoms with van der Waals surface area (Å²) in [5, 5.41) is 12.6. The average Bonchev–Trinajstić information content (AvgIpc) is 3.25. The van der Waals surface area contributed by atoms with Gasteiger partial charge in [0.15, 0.2) is 11.5 Å². The molecule has 1 N–H and O–H groups in total. The molecule has 2 heterocycles. The van der Waals surface area contributed by atoms with Gasteiger partial charge in [-0.15, -0.1) is 11.3 Å². The number of benzene rings is 1. The maximum atomic E-state index is 13.5. The highest BCUT2D eigenvalue weighted by molar-refractivity contribution is 7.10. The molecule has 1 aliphatic heterocycles. The van der Waals surface area contributed by atoms with E-state index in [1.54, 1.807) is 32.3 Å². The first-order valence-electron chi connectivity index (χ1n) is 11.3. The van der Waals surface area contributed by atoms with Gasteiger partial charge in [-0.2, -0.15) is 0 Å². The van der Waals surface area contributed by atoms with Crippen LogP contribution in [0.2, 0.25) is 0 Å². The molecular formula is C25H36N2O4S. The van der Waals surface area contributed by atoms with E-state index < -0.39 is 5.60 Å². The summed E-state index contributed by atoms with van der Waals surface area (Å²) >= 11 is 1.74. The number of ether oxygens (including phenoxy) is 2. The Balaban J connectivity index is 1.79. The van der Waals surface area contributed by atoms with Crippen LogP contribution in [-0.2, 0) is 11.2 Å². The van der Waals surface area contributed by atoms with Crippen molar-refractivity contribution in [3.05, 3.63) is 46.2 Å². The first kappa shape index (κ1) is 24.6. The largest absolute Gasteiger partial charge is 0.493 e. The van der Waals surface area contributed by atoms with Crippen molar-refractivity contribution >= 4 is 17.2 Å². The first-order chi connectivity index (χ1) is 15.3. The fraction of sp³-hybridized carbons (Fsp3) is 0.560. The SMILES string of the molecule is CCCN(CC(=O)N1CCc2sccc2[C@@H]1COc1ccccc1OC)[C@@H](C)C(C)(C)O. The topological polar surface area (TPSA) is 62.2 Å². The van der Waals surface area contributed by atoms with Crippen LogP contribution in [0, 0.1) is 0 Å². The molecule has 6 nitrogen and oxygen atoms in total. The van der Waals surface area contributed by atoms with Gasteiger partial charge in [0.05, 0.1) is 25.3 Å². The molecule has 0 spiro atoms. The molecule has 0 radical (unpaired) electrons. The number of hydrogen-bond donors (Lipinski definition) is 1. The van der Waals surface area contributed by atoms with Crippen LogP contribution in [0.1, 0.15) is 50.6 Å². The number of nitrogens with zero attached hydrogens (tertiary/aromatic N) is 2. The summed E-state index contributed by atoms with van der Waals surface area (Å²) < 4.78 is 11.6. The third-order valence-corrected chi connectivity index (χ3v) is 7.30. The number of carbonyl (C=O) groups is 1. The van der Waals surface area contributed by atoms with Gasteiger partial charge in [-0.1, -0.05) is 19.1 Å². The Labute approximate surface area is 195 Å². The second-order valence-electron chi connectivity index (χ2n) is 8.91. The Kier molecular flexibility index (Phi) is 8.20. The smallest absolute Gasteiger partial charge is 0.237 e. The lowest BCUT2D eigenvalue weighted by Gasteiger charge is -2.40. The lowest BCUT2D eigenvalue weighted by molar-refractivity contribution is -0.138. The highest BCUT2D eigenvalue weighted by atomic mass is 32.1. The number of fused-ring (bicyclic) bond motifs is 1. The maximum absolute atomic E-state index is 13.5. The Morgan fingerprint density at radius 3 is 2.69 bits per heavy atom. The second-order valence-corrected chi connectivity index (χ2v) is 9.91. The zero-order chi connectivity index (χ0) is 23.3. The van der Waals surface area contributed by atoms with Crippen molar-refractivity contribution in [3.8, 4) is 11.5 Å². The molecule has 0 saturated carbocycles. The van der Waals surface area contributed by atoms with Crippen LogP contribution < -0.4 is 9.47 Å². The first-order valence-corrected chi connectivity index (χ1v) is 12.2. The highest BCUT2D eigenvalue weighted by Crippen LogP contribution is 2.35. The third kappa shape index (κ3) is 5.63. The molecule has 176 valence electrons. The average molecular weight is 461 g/mol. The normalized spacial score (nSPS) is 17.2. The van der Waals surface area contributed by atoms with Crippen molar-refractivity contribution in [2.75, 3.05) is 33.4 Å². The summed E-state index contributed by atoms with van der Waals surface area (Å²) in [5.41, 5.74) is 0.284. The van der Waals surface area contributed by atoms with Crippen LogP contribution in [-0.4, -0.2) is 65.8 Å². The molecule has 0 fully saturated rings. The molecule has 1 aromatic carbocycles. The Morgan fingerprint density at radius 2 is 2.03 bits per heavy atom. The van der Waals surface area contributed by atoms with Crippen molar-refractivity contribution in [1.82, 2.24) is 9.80 Å². The number of aliphatic hydroxyl groups is 1. The molecule has 1 aliphatic rings. The molecule has 3 rings (SSSR count). The van der Waals surface area contributed by atoms with Gasteiger partial charge in [0.25, 0.3) is 0 Å². The van der Waals surface area contributed by atoms with Gasteiger partial charge in [-0.05, 0) is 69.3 Å². The molecule has 0 saturated heterocycles. The molecule has 2 aromatic rings. The zero-order valence-corrected chi connectivity index (χ0v) is 20.7. The van der Waals surface area contributed by atoms with Crippen LogP contribution in [0.25, 0.3) is 0 Å². The standard InChI is InChI=1S/C25H36N2O4S/c1-6-13-26(18(2)25(3,4)29)16-24(28)27-14-11-23-19(12-15-32-23)20(27)17-31-22-10-8-7-9-21(22)30-5/h7-10,12,15,18,20,29H,6,11,13-14,16-17H2,1-5H3/t18-,20-/m0/s1. The number of hydrogen-bond acceptors (Lipinski definition) is 6. The van der Waals surface area contributed by atoms with E-state index in [0.29, 0.717) is 24.7 Å². The van der Waals surface area contributed by atoms with E-state index in [9.17, 15) is 9.90 Å². The number of thiophene rings is 1. The van der Waals surface area contributed by atoms with E-state index in [1.165, 1.54) is 10.4 Å². The summed E-state index contributed by atoms with van der Waals surface area (Å²) in [5.74, 6) is 1.42. The predicted octanol–water partition coefficient (Wildman–Crippen LogP) is 4.13. The van der Waals surface area contributed by atoms with Crippen molar-refractivity contribution in [3.63, 3.8) is 0 Å². The van der Waals surface area contributed by atoms with E-state index in [4.69, 9.17) is 9.47 Å². The van der Waals surface area contributed by atoms with Crippen molar-refractivity contribution in [1.29, 1.82) is 0 Å². The zero-order valence-electron chi connectivity index (χ0n) is 19.8. The number of carbonyl (C=O) groups excluding carboxylic acids is 1. The summed E-state index contributed by atoms with van der Waals surface area (Å²) in [6, 6.07) is 9.41. The number of rotatable bonds is 10. The van der Waals surface area contributed by atoms with Gasteiger partial charge in [0.2, 0.25) is 5.91 Å². The Bertz CT molecular complexity index is 892. The quantitative estimate of drug-likeness (QED) is 0.578.